The molecule has 0 aromatic carbocycles. The van der Waals surface area contributed by atoms with Gasteiger partial charge in [-0.05, 0) is 32.1 Å². The Bertz CT molecular complexity index is 563. The predicted molar refractivity (Wildman–Crippen MR) is 76.4 cm³/mol. The predicted octanol–water partition coefficient (Wildman–Crippen LogP) is 3.45. The van der Waals surface area contributed by atoms with E-state index in [1.54, 1.807) is 0 Å². The standard InChI is InChI=1S/C14H19F3N4O/c1-21-9-11(12(20-21)14(15,16)17)19-13(22)18-8-7-10-5-3-2-4-6-10/h5,9H,2-4,6-8H2,1H3,(H2,18,19,22). The maximum atomic E-state index is 12.8. The summed E-state index contributed by atoms with van der Waals surface area (Å²) in [6.07, 6.45) is 3.87. The molecule has 0 unspecified atom stereocenters. The van der Waals surface area contributed by atoms with Crippen molar-refractivity contribution in [1.29, 1.82) is 0 Å². The Morgan fingerprint density at radius 2 is 2.18 bits per heavy atom. The Kier molecular flexibility index (Phi) is 5.10. The van der Waals surface area contributed by atoms with Crippen molar-refractivity contribution in [2.75, 3.05) is 11.9 Å². The van der Waals surface area contributed by atoms with Gasteiger partial charge in [-0.25, -0.2) is 4.79 Å². The molecule has 22 heavy (non-hydrogen) atoms. The van der Waals surface area contributed by atoms with Crippen LogP contribution in [-0.2, 0) is 13.2 Å². The fourth-order valence-electron chi connectivity index (χ4n) is 2.42. The highest BCUT2D eigenvalue weighted by Crippen LogP contribution is 2.33. The Balaban J connectivity index is 1.86. The lowest BCUT2D eigenvalue weighted by Gasteiger charge is -2.13. The second kappa shape index (κ2) is 6.85. The maximum absolute atomic E-state index is 12.8. The first-order chi connectivity index (χ1) is 10.4. The van der Waals surface area contributed by atoms with Crippen LogP contribution in [0.2, 0.25) is 0 Å². The number of nitrogens with one attached hydrogen (secondary N) is 2. The smallest absolute Gasteiger partial charge is 0.338 e. The molecular formula is C14H19F3N4O. The van der Waals surface area contributed by atoms with Crippen LogP contribution in [0.15, 0.2) is 17.8 Å². The number of aromatic nitrogens is 2. The van der Waals surface area contributed by atoms with Gasteiger partial charge in [-0.15, -0.1) is 0 Å². The molecule has 1 aliphatic rings. The largest absolute Gasteiger partial charge is 0.437 e. The van der Waals surface area contributed by atoms with Crippen molar-refractivity contribution in [2.24, 2.45) is 7.05 Å². The van der Waals surface area contributed by atoms with Crippen molar-refractivity contribution in [2.45, 2.75) is 38.3 Å². The van der Waals surface area contributed by atoms with Gasteiger partial charge in [0.05, 0.1) is 5.69 Å². The van der Waals surface area contributed by atoms with Crippen molar-refractivity contribution in [3.05, 3.63) is 23.5 Å². The number of nitrogens with zero attached hydrogens (tertiary/aromatic N) is 2. The van der Waals surface area contributed by atoms with Gasteiger partial charge in [0.2, 0.25) is 0 Å². The number of carbonyl (C=O) groups is 1. The summed E-state index contributed by atoms with van der Waals surface area (Å²) >= 11 is 0. The number of anilines is 1. The number of urea groups is 1. The first-order valence-corrected chi connectivity index (χ1v) is 7.20. The molecule has 0 fully saturated rings. The lowest BCUT2D eigenvalue weighted by atomic mass is 9.97. The fourth-order valence-corrected chi connectivity index (χ4v) is 2.42. The van der Waals surface area contributed by atoms with Crippen molar-refractivity contribution >= 4 is 11.7 Å². The molecule has 1 aromatic heterocycles. The van der Waals surface area contributed by atoms with E-state index in [1.165, 1.54) is 19.0 Å². The highest BCUT2D eigenvalue weighted by atomic mass is 19.4. The number of rotatable bonds is 4. The van der Waals surface area contributed by atoms with Crippen LogP contribution in [0, 0.1) is 0 Å². The molecule has 8 heteroatoms. The molecule has 2 amide bonds. The minimum absolute atomic E-state index is 0.343. The van der Waals surface area contributed by atoms with Crippen LogP contribution in [0.25, 0.3) is 0 Å². The van der Waals surface area contributed by atoms with E-state index in [0.29, 0.717) is 6.54 Å². The van der Waals surface area contributed by atoms with Crippen LogP contribution in [0.4, 0.5) is 23.7 Å². The normalized spacial score (nSPS) is 15.4. The number of hydrogen-bond donors (Lipinski definition) is 2. The van der Waals surface area contributed by atoms with E-state index in [-0.39, 0.29) is 5.69 Å². The van der Waals surface area contributed by atoms with E-state index in [2.05, 4.69) is 21.8 Å². The summed E-state index contributed by atoms with van der Waals surface area (Å²) in [5.74, 6) is 0. The zero-order chi connectivity index (χ0) is 16.2. The van der Waals surface area contributed by atoms with Crippen LogP contribution in [0.5, 0.6) is 0 Å². The molecule has 0 bridgehead atoms. The third-order valence-corrected chi connectivity index (χ3v) is 3.46. The number of halogens is 3. The molecule has 0 saturated carbocycles. The number of hydrogen-bond acceptors (Lipinski definition) is 2. The van der Waals surface area contributed by atoms with Crippen molar-refractivity contribution < 1.29 is 18.0 Å². The lowest BCUT2D eigenvalue weighted by molar-refractivity contribution is -0.140. The van der Waals surface area contributed by atoms with E-state index in [1.807, 2.05) is 0 Å². The van der Waals surface area contributed by atoms with Gasteiger partial charge < -0.3 is 10.6 Å². The van der Waals surface area contributed by atoms with Gasteiger partial charge >= 0.3 is 12.2 Å². The molecule has 1 aromatic rings. The minimum Gasteiger partial charge on any atom is -0.338 e. The highest BCUT2D eigenvalue weighted by Gasteiger charge is 2.37. The third kappa shape index (κ3) is 4.51. The van der Waals surface area contributed by atoms with Crippen LogP contribution >= 0.6 is 0 Å². The van der Waals surface area contributed by atoms with Gasteiger partial charge in [0.25, 0.3) is 0 Å². The van der Waals surface area contributed by atoms with E-state index in [0.717, 1.165) is 36.6 Å². The van der Waals surface area contributed by atoms with Gasteiger partial charge in [0, 0.05) is 19.8 Å². The molecule has 0 saturated heterocycles. The minimum atomic E-state index is -4.60. The molecule has 5 nitrogen and oxygen atoms in total. The summed E-state index contributed by atoms with van der Waals surface area (Å²) in [6.45, 7) is 0.402. The average molecular weight is 316 g/mol. The zero-order valence-electron chi connectivity index (χ0n) is 12.3. The summed E-state index contributed by atoms with van der Waals surface area (Å²) in [4.78, 5) is 11.7. The molecule has 2 N–H and O–H groups in total. The molecule has 2 rings (SSSR count). The first-order valence-electron chi connectivity index (χ1n) is 7.20. The van der Waals surface area contributed by atoms with E-state index in [9.17, 15) is 18.0 Å². The van der Waals surface area contributed by atoms with Crippen molar-refractivity contribution in [1.82, 2.24) is 15.1 Å². The Hall–Kier alpha value is -1.99. The van der Waals surface area contributed by atoms with Crippen LogP contribution in [0.3, 0.4) is 0 Å². The molecule has 122 valence electrons. The van der Waals surface area contributed by atoms with Gasteiger partial charge in [0.1, 0.15) is 0 Å². The molecule has 0 radical (unpaired) electrons. The van der Waals surface area contributed by atoms with E-state index >= 15 is 0 Å². The quantitative estimate of drug-likeness (QED) is 0.836. The monoisotopic (exact) mass is 316 g/mol. The number of allylic oxidation sites excluding steroid dienone is 1. The molecule has 0 atom stereocenters. The zero-order valence-corrected chi connectivity index (χ0v) is 12.3. The second-order valence-corrected chi connectivity index (χ2v) is 5.30. The lowest BCUT2D eigenvalue weighted by Crippen LogP contribution is -2.30. The van der Waals surface area contributed by atoms with Crippen LogP contribution in [0.1, 0.15) is 37.8 Å². The topological polar surface area (TPSA) is 59.0 Å². The maximum Gasteiger partial charge on any atom is 0.437 e. The molecule has 1 heterocycles. The molecule has 0 aliphatic heterocycles. The van der Waals surface area contributed by atoms with Gasteiger partial charge in [-0.3, -0.25) is 4.68 Å². The SMILES string of the molecule is Cn1cc(NC(=O)NCCC2=CCCCC2)c(C(F)(F)F)n1. The number of alkyl halides is 3. The molecule has 0 spiro atoms. The van der Waals surface area contributed by atoms with Crippen LogP contribution < -0.4 is 10.6 Å². The number of amides is 2. The van der Waals surface area contributed by atoms with Crippen LogP contribution in [-0.4, -0.2) is 22.4 Å². The second-order valence-electron chi connectivity index (χ2n) is 5.30. The molecule has 1 aliphatic carbocycles. The third-order valence-electron chi connectivity index (χ3n) is 3.46. The summed E-state index contributed by atoms with van der Waals surface area (Å²) in [5, 5.41) is 8.10. The van der Waals surface area contributed by atoms with Gasteiger partial charge in [-0.2, -0.15) is 18.3 Å². The Labute approximate surface area is 126 Å². The first kappa shape index (κ1) is 16.4. The summed E-state index contributed by atoms with van der Waals surface area (Å²) in [6, 6.07) is -0.657. The van der Waals surface area contributed by atoms with E-state index < -0.39 is 17.9 Å². The van der Waals surface area contributed by atoms with Gasteiger partial charge in [0.15, 0.2) is 5.69 Å². The highest BCUT2D eigenvalue weighted by molar-refractivity contribution is 5.89. The average Bonchev–Trinajstić information content (AvgIpc) is 2.81. The van der Waals surface area contributed by atoms with E-state index in [4.69, 9.17) is 0 Å². The Morgan fingerprint density at radius 1 is 1.41 bits per heavy atom. The van der Waals surface area contributed by atoms with Gasteiger partial charge in [-0.1, -0.05) is 11.6 Å². The summed E-state index contributed by atoms with van der Waals surface area (Å²) in [5.41, 5.74) is -0.145. The fraction of sp³-hybridized carbons (Fsp3) is 0.571. The van der Waals surface area contributed by atoms with Crippen molar-refractivity contribution in [3.8, 4) is 0 Å². The van der Waals surface area contributed by atoms with Crippen molar-refractivity contribution in [3.63, 3.8) is 0 Å². The molecular weight excluding hydrogens is 297 g/mol. The number of aryl methyl sites for hydroxylation is 1. The Morgan fingerprint density at radius 3 is 2.82 bits per heavy atom. The number of carbonyl (C=O) groups excluding carboxylic acids is 1. The summed E-state index contributed by atoms with van der Waals surface area (Å²) < 4.78 is 39.3. The summed E-state index contributed by atoms with van der Waals surface area (Å²) in [7, 11) is 1.37.